The molecule has 1 fully saturated rings. The van der Waals surface area contributed by atoms with Crippen molar-refractivity contribution in [3.8, 4) is 0 Å². The van der Waals surface area contributed by atoms with E-state index >= 15 is 0 Å². The van der Waals surface area contributed by atoms with Crippen LogP contribution in [0.4, 0.5) is 0 Å². The van der Waals surface area contributed by atoms with Crippen LogP contribution in [0.2, 0.25) is 0 Å². The van der Waals surface area contributed by atoms with Crippen LogP contribution >= 0.6 is 0 Å². The molecule has 0 aliphatic heterocycles. The van der Waals surface area contributed by atoms with Crippen LogP contribution in [0.25, 0.3) is 0 Å². The Morgan fingerprint density at radius 1 is 1.29 bits per heavy atom. The van der Waals surface area contributed by atoms with Gasteiger partial charge in [-0.05, 0) is 31.7 Å². The van der Waals surface area contributed by atoms with Gasteiger partial charge in [0.25, 0.3) is 0 Å². The molecule has 1 aliphatic rings. The first-order valence-electron chi connectivity index (χ1n) is 6.21. The van der Waals surface area contributed by atoms with Gasteiger partial charge in [-0.15, -0.1) is 0 Å². The van der Waals surface area contributed by atoms with E-state index in [4.69, 9.17) is 5.11 Å². The standard InChI is InChI=1S/C12H25NO/c1-2-11(8-9-14)10-13-12-6-4-3-5-7-12/h11-14H,2-10H2,1H3. The zero-order chi connectivity index (χ0) is 10.2. The monoisotopic (exact) mass is 199 g/mol. The molecule has 2 heteroatoms. The van der Waals surface area contributed by atoms with Gasteiger partial charge < -0.3 is 10.4 Å². The third-order valence-electron chi connectivity index (χ3n) is 3.42. The smallest absolute Gasteiger partial charge is 0.0434 e. The molecule has 0 radical (unpaired) electrons. The summed E-state index contributed by atoms with van der Waals surface area (Å²) < 4.78 is 0. The predicted molar refractivity (Wildman–Crippen MR) is 60.4 cm³/mol. The second kappa shape index (κ2) is 7.24. The summed E-state index contributed by atoms with van der Waals surface area (Å²) in [5.74, 6) is 0.668. The minimum atomic E-state index is 0.338. The van der Waals surface area contributed by atoms with Gasteiger partial charge in [0.15, 0.2) is 0 Å². The van der Waals surface area contributed by atoms with Gasteiger partial charge in [-0.1, -0.05) is 32.6 Å². The molecule has 0 aromatic rings. The van der Waals surface area contributed by atoms with Gasteiger partial charge in [0, 0.05) is 12.6 Å². The van der Waals surface area contributed by atoms with E-state index in [9.17, 15) is 0 Å². The average molecular weight is 199 g/mol. The molecule has 0 bridgehead atoms. The third kappa shape index (κ3) is 4.43. The fraction of sp³-hybridized carbons (Fsp3) is 1.00. The molecule has 0 spiro atoms. The van der Waals surface area contributed by atoms with Crippen LogP contribution in [0, 0.1) is 5.92 Å². The number of aliphatic hydroxyl groups excluding tert-OH is 1. The van der Waals surface area contributed by atoms with Crippen molar-refractivity contribution in [2.75, 3.05) is 13.2 Å². The summed E-state index contributed by atoms with van der Waals surface area (Å²) in [4.78, 5) is 0. The summed E-state index contributed by atoms with van der Waals surface area (Å²) in [6.45, 7) is 3.65. The highest BCUT2D eigenvalue weighted by Crippen LogP contribution is 2.18. The van der Waals surface area contributed by atoms with Gasteiger partial charge in [0.05, 0.1) is 0 Å². The molecule has 2 N–H and O–H groups in total. The van der Waals surface area contributed by atoms with Crippen LogP contribution in [0.1, 0.15) is 51.9 Å². The molecule has 84 valence electrons. The van der Waals surface area contributed by atoms with Crippen molar-refractivity contribution in [1.29, 1.82) is 0 Å². The average Bonchev–Trinajstić information content (AvgIpc) is 2.25. The highest BCUT2D eigenvalue weighted by molar-refractivity contribution is 4.73. The summed E-state index contributed by atoms with van der Waals surface area (Å²) in [7, 11) is 0. The van der Waals surface area contributed by atoms with Crippen LogP contribution in [0.5, 0.6) is 0 Å². The van der Waals surface area contributed by atoms with Crippen molar-refractivity contribution in [2.45, 2.75) is 57.9 Å². The van der Waals surface area contributed by atoms with Crippen LogP contribution in [-0.4, -0.2) is 24.3 Å². The van der Waals surface area contributed by atoms with Crippen molar-refractivity contribution < 1.29 is 5.11 Å². The lowest BCUT2D eigenvalue weighted by atomic mass is 9.94. The molecule has 2 nitrogen and oxygen atoms in total. The number of aliphatic hydroxyl groups is 1. The van der Waals surface area contributed by atoms with Crippen LogP contribution < -0.4 is 5.32 Å². The molecule has 1 unspecified atom stereocenters. The van der Waals surface area contributed by atoms with Crippen molar-refractivity contribution in [1.82, 2.24) is 5.32 Å². The second-order valence-electron chi connectivity index (χ2n) is 4.53. The summed E-state index contributed by atoms with van der Waals surface area (Å²) in [6.07, 6.45) is 9.07. The minimum absolute atomic E-state index is 0.338. The van der Waals surface area contributed by atoms with Crippen molar-refractivity contribution in [2.24, 2.45) is 5.92 Å². The Morgan fingerprint density at radius 2 is 2.00 bits per heavy atom. The molecule has 1 aliphatic carbocycles. The molecule has 0 amide bonds. The molecule has 0 aromatic carbocycles. The second-order valence-corrected chi connectivity index (χ2v) is 4.53. The summed E-state index contributed by atoms with van der Waals surface area (Å²) >= 11 is 0. The molecular formula is C12H25NO. The van der Waals surface area contributed by atoms with Gasteiger partial charge in [-0.25, -0.2) is 0 Å². The maximum absolute atomic E-state index is 8.88. The van der Waals surface area contributed by atoms with E-state index < -0.39 is 0 Å². The normalized spacial score (nSPS) is 21.0. The lowest BCUT2D eigenvalue weighted by molar-refractivity contribution is 0.244. The van der Waals surface area contributed by atoms with Crippen LogP contribution in [-0.2, 0) is 0 Å². The largest absolute Gasteiger partial charge is 0.396 e. The van der Waals surface area contributed by atoms with Gasteiger partial charge in [0.2, 0.25) is 0 Å². The Labute approximate surface area is 88.1 Å². The quantitative estimate of drug-likeness (QED) is 0.688. The minimum Gasteiger partial charge on any atom is -0.396 e. The predicted octanol–water partition coefficient (Wildman–Crippen LogP) is 2.32. The Morgan fingerprint density at radius 3 is 2.57 bits per heavy atom. The molecule has 0 heterocycles. The van der Waals surface area contributed by atoms with Gasteiger partial charge in [0.1, 0.15) is 0 Å². The lowest BCUT2D eigenvalue weighted by Gasteiger charge is -2.25. The number of hydrogen-bond acceptors (Lipinski definition) is 2. The van der Waals surface area contributed by atoms with E-state index in [1.165, 1.54) is 38.5 Å². The summed E-state index contributed by atoms with van der Waals surface area (Å²) in [5, 5.41) is 12.5. The van der Waals surface area contributed by atoms with Gasteiger partial charge in [-0.2, -0.15) is 0 Å². The van der Waals surface area contributed by atoms with E-state index in [2.05, 4.69) is 12.2 Å². The first kappa shape index (κ1) is 12.0. The zero-order valence-electron chi connectivity index (χ0n) is 9.47. The van der Waals surface area contributed by atoms with E-state index in [1.54, 1.807) is 0 Å². The van der Waals surface area contributed by atoms with Crippen LogP contribution in [0.15, 0.2) is 0 Å². The first-order chi connectivity index (χ1) is 6.86. The van der Waals surface area contributed by atoms with Gasteiger partial charge in [-0.3, -0.25) is 0 Å². The molecular weight excluding hydrogens is 174 g/mol. The highest BCUT2D eigenvalue weighted by Gasteiger charge is 2.14. The molecule has 14 heavy (non-hydrogen) atoms. The number of rotatable bonds is 6. The molecule has 0 aromatic heterocycles. The summed E-state index contributed by atoms with van der Waals surface area (Å²) in [6, 6.07) is 0.761. The van der Waals surface area contributed by atoms with E-state index in [1.807, 2.05) is 0 Å². The first-order valence-corrected chi connectivity index (χ1v) is 6.21. The SMILES string of the molecule is CCC(CCO)CNC1CCCCC1. The Bertz CT molecular complexity index is 128. The molecule has 0 saturated heterocycles. The Balaban J connectivity index is 2.10. The molecule has 1 atom stereocenters. The van der Waals surface area contributed by atoms with E-state index in [-0.39, 0.29) is 0 Å². The van der Waals surface area contributed by atoms with Crippen molar-refractivity contribution >= 4 is 0 Å². The van der Waals surface area contributed by atoms with Crippen molar-refractivity contribution in [3.05, 3.63) is 0 Å². The van der Waals surface area contributed by atoms with Crippen LogP contribution in [0.3, 0.4) is 0 Å². The fourth-order valence-corrected chi connectivity index (χ4v) is 2.27. The highest BCUT2D eigenvalue weighted by atomic mass is 16.3. The maximum atomic E-state index is 8.88. The fourth-order valence-electron chi connectivity index (χ4n) is 2.27. The third-order valence-corrected chi connectivity index (χ3v) is 3.42. The molecule has 1 rings (SSSR count). The Hall–Kier alpha value is -0.0800. The van der Waals surface area contributed by atoms with E-state index in [0.29, 0.717) is 12.5 Å². The number of hydrogen-bond donors (Lipinski definition) is 2. The van der Waals surface area contributed by atoms with Crippen molar-refractivity contribution in [3.63, 3.8) is 0 Å². The van der Waals surface area contributed by atoms with E-state index in [0.717, 1.165) is 19.0 Å². The number of nitrogens with one attached hydrogen (secondary N) is 1. The Kier molecular flexibility index (Phi) is 6.20. The topological polar surface area (TPSA) is 32.3 Å². The molecule has 1 saturated carbocycles. The summed E-state index contributed by atoms with van der Waals surface area (Å²) in [5.41, 5.74) is 0. The lowest BCUT2D eigenvalue weighted by Crippen LogP contribution is -2.35. The van der Waals surface area contributed by atoms with Gasteiger partial charge >= 0.3 is 0 Å². The maximum Gasteiger partial charge on any atom is 0.0434 e. The zero-order valence-corrected chi connectivity index (χ0v) is 9.47.